The van der Waals surface area contributed by atoms with E-state index in [9.17, 15) is 24.0 Å². The van der Waals surface area contributed by atoms with Crippen LogP contribution in [0.5, 0.6) is 5.75 Å². The zero-order valence-electron chi connectivity index (χ0n) is 23.0. The Kier molecular flexibility index (Phi) is 9.63. The number of carbonyl (C=O) groups excluding carboxylic acids is 4. The molecule has 0 saturated carbocycles. The van der Waals surface area contributed by atoms with Gasteiger partial charge in [0.1, 0.15) is 30.3 Å². The van der Waals surface area contributed by atoms with Gasteiger partial charge in [0, 0.05) is 38.2 Å². The summed E-state index contributed by atoms with van der Waals surface area (Å²) in [6.07, 6.45) is -5.39. The summed E-state index contributed by atoms with van der Waals surface area (Å²) in [4.78, 5) is 60.7. The van der Waals surface area contributed by atoms with Crippen molar-refractivity contribution >= 4 is 50.8 Å². The minimum atomic E-state index is -1.43. The molecule has 2 aromatic carbocycles. The molecule has 0 bridgehead atoms. The van der Waals surface area contributed by atoms with Gasteiger partial charge in [0.2, 0.25) is 12.4 Å². The highest BCUT2D eigenvalue weighted by atomic mass is 79.9. The summed E-state index contributed by atoms with van der Waals surface area (Å²) in [6.45, 7) is 4.15. The van der Waals surface area contributed by atoms with E-state index < -0.39 is 61.2 Å². The molecule has 1 fully saturated rings. The van der Waals surface area contributed by atoms with Crippen molar-refractivity contribution in [3.63, 3.8) is 0 Å². The van der Waals surface area contributed by atoms with Gasteiger partial charge in [0.15, 0.2) is 17.6 Å². The fraction of sp³-hybridized carbons (Fsp3) is 0.345. The lowest BCUT2D eigenvalue weighted by molar-refractivity contribution is -0.288. The van der Waals surface area contributed by atoms with Crippen molar-refractivity contribution < 1.29 is 52.0 Å². The normalized spacial score (nSPS) is 21.7. The minimum absolute atomic E-state index is 0.142. The highest BCUT2D eigenvalue weighted by molar-refractivity contribution is 9.10. The van der Waals surface area contributed by atoms with Crippen LogP contribution >= 0.6 is 15.9 Å². The van der Waals surface area contributed by atoms with Crippen molar-refractivity contribution in [3.8, 4) is 16.9 Å². The van der Waals surface area contributed by atoms with E-state index in [1.54, 1.807) is 12.1 Å². The van der Waals surface area contributed by atoms with Gasteiger partial charge in [-0.2, -0.15) is 0 Å². The van der Waals surface area contributed by atoms with Gasteiger partial charge in [-0.3, -0.25) is 24.0 Å². The smallest absolute Gasteiger partial charge is 0.303 e. The summed E-state index contributed by atoms with van der Waals surface area (Å²) in [7, 11) is 0. The molecule has 5 atom stereocenters. The highest BCUT2D eigenvalue weighted by Crippen LogP contribution is 2.32. The predicted molar refractivity (Wildman–Crippen MR) is 148 cm³/mol. The molecule has 1 aromatic heterocycles. The van der Waals surface area contributed by atoms with Gasteiger partial charge in [-0.15, -0.1) is 0 Å². The number of rotatable bonds is 8. The summed E-state index contributed by atoms with van der Waals surface area (Å²) >= 11 is 3.37. The fourth-order valence-corrected chi connectivity index (χ4v) is 4.69. The van der Waals surface area contributed by atoms with Gasteiger partial charge >= 0.3 is 23.9 Å². The molecule has 12 nitrogen and oxygen atoms in total. The SMILES string of the molecule is CC(=O)OC[C@@H]1O[C@@H](Oc2ccc3c(=O)c(-c4ccc(Br)cc4)coc3c2)[C@@H](OC(C)=O)[C@H](OC(C)=O)[C@H]1OC(C)=O. The van der Waals surface area contributed by atoms with Crippen molar-refractivity contribution in [1.82, 2.24) is 0 Å². The summed E-state index contributed by atoms with van der Waals surface area (Å²) in [5.41, 5.74) is 0.969. The standard InChI is InChI=1S/C29H27BrO12/c1-14(31)36-13-24-26(38-15(2)32)27(39-16(3)33)28(40-17(4)34)29(42-24)41-20-9-10-21-23(11-20)37-12-22(25(21)35)18-5-7-19(30)8-6-18/h5-12,24,26-29H,13H2,1-4H3/t24-,26-,27+,28-,29+/m0/s1. The van der Waals surface area contributed by atoms with E-state index in [1.807, 2.05) is 12.1 Å². The van der Waals surface area contributed by atoms with Gasteiger partial charge in [-0.05, 0) is 29.8 Å². The van der Waals surface area contributed by atoms with E-state index in [2.05, 4.69) is 15.9 Å². The Labute approximate surface area is 247 Å². The van der Waals surface area contributed by atoms with E-state index in [4.69, 9.17) is 32.8 Å². The van der Waals surface area contributed by atoms with E-state index in [0.717, 1.165) is 25.2 Å². The molecule has 0 aliphatic carbocycles. The quantitative estimate of drug-likeness (QED) is 0.259. The molecule has 0 spiro atoms. The maximum Gasteiger partial charge on any atom is 0.303 e. The first-order valence-corrected chi connectivity index (χ1v) is 13.5. The Balaban J connectivity index is 1.70. The van der Waals surface area contributed by atoms with Gasteiger partial charge < -0.3 is 32.8 Å². The van der Waals surface area contributed by atoms with E-state index in [-0.39, 0.29) is 22.1 Å². The second kappa shape index (κ2) is 13.2. The van der Waals surface area contributed by atoms with Crippen LogP contribution in [0.1, 0.15) is 27.7 Å². The van der Waals surface area contributed by atoms with E-state index in [0.29, 0.717) is 11.1 Å². The molecule has 2 heterocycles. The predicted octanol–water partition coefficient (Wildman–Crippen LogP) is 3.68. The van der Waals surface area contributed by atoms with Crippen molar-refractivity contribution in [2.75, 3.05) is 6.61 Å². The van der Waals surface area contributed by atoms with E-state index >= 15 is 0 Å². The van der Waals surface area contributed by atoms with Crippen LogP contribution in [0.25, 0.3) is 22.1 Å². The van der Waals surface area contributed by atoms with Gasteiger partial charge in [0.05, 0.1) is 10.9 Å². The fourth-order valence-electron chi connectivity index (χ4n) is 4.43. The zero-order valence-corrected chi connectivity index (χ0v) is 24.6. The Morgan fingerprint density at radius 3 is 2.05 bits per heavy atom. The van der Waals surface area contributed by atoms with Gasteiger partial charge in [-0.25, -0.2) is 0 Å². The third-order valence-corrected chi connectivity index (χ3v) is 6.63. The number of benzene rings is 2. The third kappa shape index (κ3) is 7.34. The molecular weight excluding hydrogens is 620 g/mol. The molecule has 1 aliphatic rings. The number of esters is 4. The number of ether oxygens (including phenoxy) is 6. The summed E-state index contributed by atoms with van der Waals surface area (Å²) in [6, 6.07) is 11.6. The first-order valence-electron chi connectivity index (χ1n) is 12.7. The summed E-state index contributed by atoms with van der Waals surface area (Å²) < 4.78 is 39.8. The lowest BCUT2D eigenvalue weighted by atomic mass is 9.98. The first-order chi connectivity index (χ1) is 19.9. The van der Waals surface area contributed by atoms with E-state index in [1.165, 1.54) is 31.4 Å². The molecule has 1 aliphatic heterocycles. The Morgan fingerprint density at radius 1 is 0.810 bits per heavy atom. The Bertz CT molecular complexity index is 1550. The first kappa shape index (κ1) is 30.7. The van der Waals surface area contributed by atoms with Crippen LogP contribution in [0.15, 0.2) is 62.4 Å². The molecule has 4 rings (SSSR count). The molecule has 42 heavy (non-hydrogen) atoms. The average Bonchev–Trinajstić information content (AvgIpc) is 2.91. The Hall–Kier alpha value is -4.23. The minimum Gasteiger partial charge on any atom is -0.463 e. The van der Waals surface area contributed by atoms with Gasteiger partial charge in [-0.1, -0.05) is 28.1 Å². The summed E-state index contributed by atoms with van der Waals surface area (Å²) in [5.74, 6) is -2.78. The molecule has 0 unspecified atom stereocenters. The number of carbonyl (C=O) groups is 4. The van der Waals surface area contributed by atoms with Crippen molar-refractivity contribution in [2.45, 2.75) is 58.4 Å². The largest absolute Gasteiger partial charge is 0.463 e. The Morgan fingerprint density at radius 2 is 1.43 bits per heavy atom. The number of fused-ring (bicyclic) bond motifs is 1. The summed E-state index contributed by atoms with van der Waals surface area (Å²) in [5, 5.41) is 0.282. The second-order valence-electron chi connectivity index (χ2n) is 9.33. The number of halogens is 1. The number of hydrogen-bond donors (Lipinski definition) is 0. The molecule has 0 N–H and O–H groups in total. The molecule has 0 radical (unpaired) electrons. The maximum absolute atomic E-state index is 13.2. The molecule has 1 saturated heterocycles. The van der Waals surface area contributed by atoms with Crippen molar-refractivity contribution in [2.24, 2.45) is 0 Å². The highest BCUT2D eigenvalue weighted by Gasteiger charge is 2.53. The van der Waals surface area contributed by atoms with Crippen molar-refractivity contribution in [3.05, 3.63) is 63.4 Å². The lowest BCUT2D eigenvalue weighted by Crippen LogP contribution is -2.63. The average molecular weight is 647 g/mol. The van der Waals surface area contributed by atoms with Crippen LogP contribution in [0.3, 0.4) is 0 Å². The van der Waals surface area contributed by atoms with Crippen LogP contribution < -0.4 is 10.2 Å². The van der Waals surface area contributed by atoms with Gasteiger partial charge in [0.25, 0.3) is 0 Å². The molecule has 3 aromatic rings. The topological polar surface area (TPSA) is 154 Å². The van der Waals surface area contributed by atoms with Crippen LogP contribution in [0, 0.1) is 0 Å². The second-order valence-corrected chi connectivity index (χ2v) is 10.2. The molecule has 13 heteroatoms. The van der Waals surface area contributed by atoms with Crippen LogP contribution in [0.4, 0.5) is 0 Å². The van der Waals surface area contributed by atoms with Crippen molar-refractivity contribution in [1.29, 1.82) is 0 Å². The molecule has 222 valence electrons. The number of hydrogen-bond acceptors (Lipinski definition) is 12. The lowest BCUT2D eigenvalue weighted by Gasteiger charge is -2.43. The van der Waals surface area contributed by atoms with Crippen LogP contribution in [-0.4, -0.2) is 61.2 Å². The molecular formula is C29H27BrO12. The monoisotopic (exact) mass is 646 g/mol. The van der Waals surface area contributed by atoms with Crippen LogP contribution in [0.2, 0.25) is 0 Å². The maximum atomic E-state index is 13.2. The third-order valence-electron chi connectivity index (χ3n) is 6.10. The molecule has 0 amide bonds. The zero-order chi connectivity index (χ0) is 30.6. The van der Waals surface area contributed by atoms with Crippen LogP contribution in [-0.2, 0) is 42.9 Å².